The minimum atomic E-state index is -2.95. The van der Waals surface area contributed by atoms with E-state index in [1.165, 1.54) is 6.08 Å². The molecule has 0 radical (unpaired) electrons. The smallest absolute Gasteiger partial charge is 0.334 e. The van der Waals surface area contributed by atoms with Crippen LogP contribution in [0.25, 0.3) is 0 Å². The molecule has 0 atom stereocenters. The van der Waals surface area contributed by atoms with Gasteiger partial charge < -0.3 is 14.2 Å². The highest BCUT2D eigenvalue weighted by Gasteiger charge is 2.20. The molecular weight excluding hydrogens is 191 g/mol. The molecule has 0 aliphatic heterocycles. The van der Waals surface area contributed by atoms with Crippen LogP contribution in [-0.2, 0) is 13.6 Å². The Bertz CT molecular complexity index is 181. The molecule has 0 aromatic heterocycles. The molecule has 0 aliphatic rings. The molecule has 0 heterocycles. The normalized spacial score (nSPS) is 12.5. The molecule has 0 amide bonds. The van der Waals surface area contributed by atoms with Crippen LogP contribution in [0.1, 0.15) is 13.8 Å². The lowest BCUT2D eigenvalue weighted by molar-refractivity contribution is 0.222. The van der Waals surface area contributed by atoms with Gasteiger partial charge in [0.25, 0.3) is 0 Å². The van der Waals surface area contributed by atoms with E-state index in [0.717, 1.165) is 0 Å². The fraction of sp³-hybridized carbons (Fsp3) is 0.750. The predicted molar refractivity (Wildman–Crippen MR) is 52.0 cm³/mol. The molecule has 1 N–H and O–H groups in total. The Morgan fingerprint density at radius 2 is 1.77 bits per heavy atom. The molecule has 0 saturated heterocycles. The average molecular weight is 208 g/mol. The zero-order chi connectivity index (χ0) is 10.2. The Balaban J connectivity index is 4.07. The second-order valence-electron chi connectivity index (χ2n) is 2.28. The van der Waals surface area contributed by atoms with E-state index in [-0.39, 0.29) is 12.8 Å². The highest BCUT2D eigenvalue weighted by molar-refractivity contribution is 7.54. The van der Waals surface area contributed by atoms with Crippen molar-refractivity contribution in [3.05, 3.63) is 12.2 Å². The molecule has 0 bridgehead atoms. The predicted octanol–water partition coefficient (Wildman–Crippen LogP) is 1.80. The number of hydrogen-bond donors (Lipinski definition) is 1. The second-order valence-corrected chi connectivity index (χ2v) is 4.39. The SMILES string of the molecule is CCOP(=O)(C/C=C\CO)OCC. The first kappa shape index (κ1) is 12.8. The molecule has 78 valence electrons. The van der Waals surface area contributed by atoms with E-state index in [2.05, 4.69) is 0 Å². The Labute approximate surface area is 79.1 Å². The first-order chi connectivity index (χ1) is 6.18. The Hall–Kier alpha value is -0.150. The summed E-state index contributed by atoms with van der Waals surface area (Å²) in [4.78, 5) is 0. The molecule has 0 spiro atoms. The molecule has 0 aromatic rings. The number of aliphatic hydroxyl groups excluding tert-OH is 1. The van der Waals surface area contributed by atoms with Crippen molar-refractivity contribution in [2.75, 3.05) is 26.0 Å². The van der Waals surface area contributed by atoms with E-state index in [4.69, 9.17) is 14.2 Å². The van der Waals surface area contributed by atoms with Gasteiger partial charge in [0.15, 0.2) is 0 Å². The lowest BCUT2D eigenvalue weighted by Crippen LogP contribution is -1.98. The lowest BCUT2D eigenvalue weighted by atomic mass is 10.6. The van der Waals surface area contributed by atoms with Gasteiger partial charge in [0.2, 0.25) is 0 Å². The van der Waals surface area contributed by atoms with Crippen molar-refractivity contribution in [3.8, 4) is 0 Å². The van der Waals surface area contributed by atoms with E-state index in [1.807, 2.05) is 0 Å². The van der Waals surface area contributed by atoms with Crippen molar-refractivity contribution in [3.63, 3.8) is 0 Å². The van der Waals surface area contributed by atoms with E-state index >= 15 is 0 Å². The summed E-state index contributed by atoms with van der Waals surface area (Å²) in [6, 6.07) is 0. The van der Waals surface area contributed by atoms with Crippen molar-refractivity contribution in [2.45, 2.75) is 13.8 Å². The van der Waals surface area contributed by atoms with Gasteiger partial charge >= 0.3 is 7.60 Å². The van der Waals surface area contributed by atoms with Crippen LogP contribution in [0, 0.1) is 0 Å². The van der Waals surface area contributed by atoms with Gasteiger partial charge in [-0.25, -0.2) is 0 Å². The summed E-state index contributed by atoms with van der Waals surface area (Å²) < 4.78 is 21.7. The van der Waals surface area contributed by atoms with Gasteiger partial charge in [-0.2, -0.15) is 0 Å². The quantitative estimate of drug-likeness (QED) is 0.512. The third kappa shape index (κ3) is 5.99. The summed E-state index contributed by atoms with van der Waals surface area (Å²) in [6.45, 7) is 4.20. The van der Waals surface area contributed by atoms with Crippen molar-refractivity contribution in [1.82, 2.24) is 0 Å². The maximum absolute atomic E-state index is 11.7. The zero-order valence-electron chi connectivity index (χ0n) is 8.10. The standard InChI is InChI=1S/C8H17O4P/c1-3-11-13(10,12-4-2)8-6-5-7-9/h5-6,9H,3-4,7-8H2,1-2H3/b6-5-. The Kier molecular flexibility index (Phi) is 7.19. The first-order valence-electron chi connectivity index (χ1n) is 4.32. The van der Waals surface area contributed by atoms with Gasteiger partial charge in [0, 0.05) is 0 Å². The lowest BCUT2D eigenvalue weighted by Gasteiger charge is -2.14. The van der Waals surface area contributed by atoms with Crippen molar-refractivity contribution < 1.29 is 18.7 Å². The van der Waals surface area contributed by atoms with Gasteiger partial charge in [0.1, 0.15) is 0 Å². The molecule has 0 fully saturated rings. The molecule has 0 aromatic carbocycles. The average Bonchev–Trinajstić information content (AvgIpc) is 2.05. The zero-order valence-corrected chi connectivity index (χ0v) is 9.00. The molecule has 0 unspecified atom stereocenters. The van der Waals surface area contributed by atoms with E-state index in [9.17, 15) is 4.57 Å². The van der Waals surface area contributed by atoms with Crippen LogP contribution in [0.2, 0.25) is 0 Å². The molecule has 0 saturated carbocycles. The molecular formula is C8H17O4P. The van der Waals surface area contributed by atoms with Crippen molar-refractivity contribution in [2.24, 2.45) is 0 Å². The minimum Gasteiger partial charge on any atom is -0.392 e. The highest BCUT2D eigenvalue weighted by atomic mass is 31.2. The maximum Gasteiger partial charge on any atom is 0.334 e. The number of rotatable bonds is 7. The summed E-state index contributed by atoms with van der Waals surface area (Å²) in [5.41, 5.74) is 0. The molecule has 4 nitrogen and oxygen atoms in total. The fourth-order valence-electron chi connectivity index (χ4n) is 0.814. The Morgan fingerprint density at radius 3 is 2.15 bits per heavy atom. The van der Waals surface area contributed by atoms with Crippen LogP contribution < -0.4 is 0 Å². The van der Waals surface area contributed by atoms with Crippen LogP contribution in [0.5, 0.6) is 0 Å². The highest BCUT2D eigenvalue weighted by Crippen LogP contribution is 2.47. The van der Waals surface area contributed by atoms with E-state index in [0.29, 0.717) is 13.2 Å². The van der Waals surface area contributed by atoms with Gasteiger partial charge in [0.05, 0.1) is 26.0 Å². The fourth-order valence-corrected chi connectivity index (χ4v) is 2.29. The van der Waals surface area contributed by atoms with Gasteiger partial charge in [-0.15, -0.1) is 0 Å². The number of allylic oxidation sites excluding steroid dienone is 1. The summed E-state index contributed by atoms with van der Waals surface area (Å²) in [6.07, 6.45) is 3.34. The van der Waals surface area contributed by atoms with Crippen LogP contribution in [-0.4, -0.2) is 31.1 Å². The second kappa shape index (κ2) is 7.27. The summed E-state index contributed by atoms with van der Waals surface area (Å²) in [7, 11) is -2.95. The largest absolute Gasteiger partial charge is 0.392 e. The van der Waals surface area contributed by atoms with Crippen molar-refractivity contribution in [1.29, 1.82) is 0 Å². The number of hydrogen-bond acceptors (Lipinski definition) is 4. The van der Waals surface area contributed by atoms with E-state index in [1.54, 1.807) is 19.9 Å². The van der Waals surface area contributed by atoms with Crippen LogP contribution in [0.15, 0.2) is 12.2 Å². The summed E-state index contributed by atoms with van der Waals surface area (Å²) >= 11 is 0. The van der Waals surface area contributed by atoms with Crippen LogP contribution in [0.3, 0.4) is 0 Å². The van der Waals surface area contributed by atoms with Gasteiger partial charge in [-0.3, -0.25) is 4.57 Å². The monoisotopic (exact) mass is 208 g/mol. The van der Waals surface area contributed by atoms with Gasteiger partial charge in [-0.1, -0.05) is 12.2 Å². The Morgan fingerprint density at radius 1 is 1.23 bits per heavy atom. The minimum absolute atomic E-state index is 0.0573. The molecule has 5 heteroatoms. The molecule has 0 rings (SSSR count). The van der Waals surface area contributed by atoms with Crippen LogP contribution in [0.4, 0.5) is 0 Å². The maximum atomic E-state index is 11.7. The van der Waals surface area contributed by atoms with Crippen molar-refractivity contribution >= 4 is 7.60 Å². The summed E-state index contributed by atoms with van der Waals surface area (Å²) in [5.74, 6) is 0. The topological polar surface area (TPSA) is 55.8 Å². The molecule has 0 aliphatic carbocycles. The summed E-state index contributed by atoms with van der Waals surface area (Å²) in [5, 5.41) is 8.46. The third-order valence-corrected chi connectivity index (χ3v) is 3.21. The third-order valence-electron chi connectivity index (χ3n) is 1.25. The molecule has 13 heavy (non-hydrogen) atoms. The van der Waals surface area contributed by atoms with Crippen LogP contribution >= 0.6 is 7.60 Å². The van der Waals surface area contributed by atoms with Gasteiger partial charge in [-0.05, 0) is 13.8 Å². The first-order valence-corrected chi connectivity index (χ1v) is 6.05. The van der Waals surface area contributed by atoms with E-state index < -0.39 is 7.60 Å². The number of aliphatic hydroxyl groups is 1.